The fourth-order valence-electron chi connectivity index (χ4n) is 1.01. The molecular formula is C10H11ClO2. The van der Waals surface area contributed by atoms with Crippen LogP contribution in [0.4, 0.5) is 0 Å². The number of ether oxygens (including phenoxy) is 1. The molecule has 1 aromatic carbocycles. The van der Waals surface area contributed by atoms with Gasteiger partial charge in [0, 0.05) is 17.5 Å². The summed E-state index contributed by atoms with van der Waals surface area (Å²) in [5, 5.41) is 9.52. The average molecular weight is 199 g/mol. The number of aromatic hydroxyl groups is 1. The third-order valence-electron chi connectivity index (χ3n) is 1.75. The van der Waals surface area contributed by atoms with Gasteiger partial charge in [0.05, 0.1) is 7.11 Å². The average Bonchev–Trinajstić information content (AvgIpc) is 2.16. The Bertz CT molecular complexity index is 321. The normalized spacial score (nSPS) is 9.69. The zero-order valence-electron chi connectivity index (χ0n) is 7.38. The number of halogens is 1. The number of phenols is 1. The molecule has 0 atom stereocenters. The smallest absolute Gasteiger partial charge is 0.126 e. The van der Waals surface area contributed by atoms with Gasteiger partial charge < -0.3 is 9.84 Å². The van der Waals surface area contributed by atoms with E-state index in [-0.39, 0.29) is 5.75 Å². The molecule has 0 bridgehead atoms. The van der Waals surface area contributed by atoms with Crippen molar-refractivity contribution in [2.75, 3.05) is 13.0 Å². The number of phenolic OH excluding ortho intramolecular Hbond substituents is 1. The molecule has 0 spiro atoms. The Labute approximate surface area is 82.4 Å². The van der Waals surface area contributed by atoms with E-state index in [1.54, 1.807) is 19.2 Å². The Balaban J connectivity index is 3.05. The highest BCUT2D eigenvalue weighted by Crippen LogP contribution is 2.28. The topological polar surface area (TPSA) is 29.5 Å². The lowest BCUT2D eigenvalue weighted by molar-refractivity contribution is 0.407. The van der Waals surface area contributed by atoms with Crippen LogP contribution in [0.2, 0.25) is 0 Å². The van der Waals surface area contributed by atoms with E-state index in [0.29, 0.717) is 22.8 Å². The van der Waals surface area contributed by atoms with E-state index in [2.05, 4.69) is 6.58 Å². The molecule has 1 aromatic rings. The zero-order valence-corrected chi connectivity index (χ0v) is 8.14. The zero-order chi connectivity index (χ0) is 9.84. The van der Waals surface area contributed by atoms with Crippen LogP contribution < -0.4 is 4.74 Å². The van der Waals surface area contributed by atoms with Gasteiger partial charge in [-0.15, -0.1) is 11.6 Å². The fraction of sp³-hybridized carbons (Fsp3) is 0.200. The van der Waals surface area contributed by atoms with Crippen LogP contribution in [0.5, 0.6) is 11.5 Å². The van der Waals surface area contributed by atoms with E-state index in [9.17, 15) is 5.11 Å². The Kier molecular flexibility index (Phi) is 3.20. The molecule has 13 heavy (non-hydrogen) atoms. The minimum absolute atomic E-state index is 0.144. The molecule has 2 nitrogen and oxygen atoms in total. The first-order chi connectivity index (χ1) is 6.19. The Hall–Kier alpha value is -1.15. The Morgan fingerprint density at radius 3 is 2.77 bits per heavy atom. The summed E-state index contributed by atoms with van der Waals surface area (Å²) in [4.78, 5) is 0. The lowest BCUT2D eigenvalue weighted by atomic mass is 10.1. The molecule has 0 aromatic heterocycles. The van der Waals surface area contributed by atoms with Gasteiger partial charge in [0.1, 0.15) is 11.5 Å². The van der Waals surface area contributed by atoms with Crippen LogP contribution in [0.1, 0.15) is 5.56 Å². The first-order valence-corrected chi connectivity index (χ1v) is 4.33. The molecule has 0 aliphatic heterocycles. The highest BCUT2D eigenvalue weighted by molar-refractivity contribution is 6.23. The molecule has 0 aliphatic rings. The highest BCUT2D eigenvalue weighted by Gasteiger charge is 2.05. The molecule has 1 N–H and O–H groups in total. The number of benzene rings is 1. The molecule has 0 saturated carbocycles. The van der Waals surface area contributed by atoms with Crippen LogP contribution in [-0.4, -0.2) is 18.1 Å². The van der Waals surface area contributed by atoms with Gasteiger partial charge in [-0.05, 0) is 17.7 Å². The van der Waals surface area contributed by atoms with E-state index >= 15 is 0 Å². The van der Waals surface area contributed by atoms with Gasteiger partial charge in [-0.1, -0.05) is 6.58 Å². The van der Waals surface area contributed by atoms with E-state index in [1.165, 1.54) is 6.07 Å². The van der Waals surface area contributed by atoms with Crippen molar-refractivity contribution < 1.29 is 9.84 Å². The third kappa shape index (κ3) is 2.16. The maximum atomic E-state index is 9.52. The standard InChI is InChI=1S/C10H11ClO2/c1-7(6-11)9-4-3-8(13-2)5-10(9)12/h3-5,12H,1,6H2,2H3. The number of methoxy groups -OCH3 is 1. The van der Waals surface area contributed by atoms with Crippen LogP contribution in [-0.2, 0) is 0 Å². The molecule has 0 fully saturated rings. The van der Waals surface area contributed by atoms with Crippen molar-refractivity contribution >= 4 is 17.2 Å². The number of alkyl halides is 1. The van der Waals surface area contributed by atoms with Gasteiger partial charge in [0.15, 0.2) is 0 Å². The molecule has 0 amide bonds. The Morgan fingerprint density at radius 1 is 1.62 bits per heavy atom. The number of rotatable bonds is 3. The molecule has 3 heteroatoms. The van der Waals surface area contributed by atoms with E-state index in [4.69, 9.17) is 16.3 Å². The number of hydrogen-bond acceptors (Lipinski definition) is 2. The monoisotopic (exact) mass is 198 g/mol. The van der Waals surface area contributed by atoms with Crippen molar-refractivity contribution in [1.82, 2.24) is 0 Å². The van der Waals surface area contributed by atoms with E-state index in [1.807, 2.05) is 0 Å². The quantitative estimate of drug-likeness (QED) is 0.757. The summed E-state index contributed by atoms with van der Waals surface area (Å²) in [5.41, 5.74) is 1.36. The second kappa shape index (κ2) is 4.19. The fourth-order valence-corrected chi connectivity index (χ4v) is 1.15. The highest BCUT2D eigenvalue weighted by atomic mass is 35.5. The first kappa shape index (κ1) is 9.93. The van der Waals surface area contributed by atoms with Gasteiger partial charge in [-0.2, -0.15) is 0 Å². The van der Waals surface area contributed by atoms with Crippen molar-refractivity contribution in [2.45, 2.75) is 0 Å². The van der Waals surface area contributed by atoms with Gasteiger partial charge in [-0.25, -0.2) is 0 Å². The minimum atomic E-state index is 0.144. The third-order valence-corrected chi connectivity index (χ3v) is 2.07. The first-order valence-electron chi connectivity index (χ1n) is 3.80. The predicted molar refractivity (Wildman–Crippen MR) is 54.4 cm³/mol. The molecule has 0 unspecified atom stereocenters. The molecule has 0 radical (unpaired) electrons. The summed E-state index contributed by atoms with van der Waals surface area (Å²) in [6.07, 6.45) is 0. The lowest BCUT2D eigenvalue weighted by Gasteiger charge is -2.06. The lowest BCUT2D eigenvalue weighted by Crippen LogP contribution is -1.87. The van der Waals surface area contributed by atoms with Crippen molar-refractivity contribution in [3.05, 3.63) is 30.3 Å². The molecule has 0 aliphatic carbocycles. The molecule has 70 valence electrons. The summed E-state index contributed by atoms with van der Waals surface area (Å²) >= 11 is 5.59. The Morgan fingerprint density at radius 2 is 2.31 bits per heavy atom. The SMILES string of the molecule is C=C(CCl)c1ccc(OC)cc1O. The van der Waals surface area contributed by atoms with Crippen molar-refractivity contribution in [3.8, 4) is 11.5 Å². The van der Waals surface area contributed by atoms with Crippen molar-refractivity contribution in [2.24, 2.45) is 0 Å². The molecule has 1 rings (SSSR count). The predicted octanol–water partition coefficient (Wildman–Crippen LogP) is 2.65. The van der Waals surface area contributed by atoms with E-state index in [0.717, 1.165) is 0 Å². The maximum absolute atomic E-state index is 9.52. The molecular weight excluding hydrogens is 188 g/mol. The van der Waals surface area contributed by atoms with Crippen LogP contribution in [0.25, 0.3) is 5.57 Å². The van der Waals surface area contributed by atoms with Gasteiger partial charge in [0.2, 0.25) is 0 Å². The maximum Gasteiger partial charge on any atom is 0.126 e. The second-order valence-electron chi connectivity index (χ2n) is 2.62. The van der Waals surface area contributed by atoms with E-state index < -0.39 is 0 Å². The summed E-state index contributed by atoms with van der Waals surface area (Å²) in [5.74, 6) is 1.06. The van der Waals surface area contributed by atoms with Crippen LogP contribution in [0.15, 0.2) is 24.8 Å². The van der Waals surface area contributed by atoms with Crippen LogP contribution in [0.3, 0.4) is 0 Å². The summed E-state index contributed by atoms with van der Waals surface area (Å²) < 4.78 is 4.94. The molecule has 0 saturated heterocycles. The van der Waals surface area contributed by atoms with Crippen LogP contribution >= 0.6 is 11.6 Å². The van der Waals surface area contributed by atoms with Gasteiger partial charge in [0.25, 0.3) is 0 Å². The van der Waals surface area contributed by atoms with Gasteiger partial charge >= 0.3 is 0 Å². The molecule has 0 heterocycles. The second-order valence-corrected chi connectivity index (χ2v) is 2.89. The van der Waals surface area contributed by atoms with Gasteiger partial charge in [-0.3, -0.25) is 0 Å². The number of hydrogen-bond donors (Lipinski definition) is 1. The largest absolute Gasteiger partial charge is 0.507 e. The number of allylic oxidation sites excluding steroid dienone is 1. The van der Waals surface area contributed by atoms with Crippen molar-refractivity contribution in [3.63, 3.8) is 0 Å². The summed E-state index contributed by atoms with van der Waals surface area (Å²) in [7, 11) is 1.55. The van der Waals surface area contributed by atoms with Crippen LogP contribution in [0, 0.1) is 0 Å². The minimum Gasteiger partial charge on any atom is -0.507 e. The summed E-state index contributed by atoms with van der Waals surface area (Å²) in [6.45, 7) is 3.73. The summed E-state index contributed by atoms with van der Waals surface area (Å²) in [6, 6.07) is 5.03. The van der Waals surface area contributed by atoms with Crippen molar-refractivity contribution in [1.29, 1.82) is 0 Å².